The van der Waals surface area contributed by atoms with Crippen LogP contribution in [0.2, 0.25) is 0 Å². The van der Waals surface area contributed by atoms with Gasteiger partial charge in [-0.25, -0.2) is 9.98 Å². The van der Waals surface area contributed by atoms with Crippen molar-refractivity contribution in [3.63, 3.8) is 0 Å². The molecule has 0 spiro atoms. The molecule has 0 unspecified atom stereocenters. The summed E-state index contributed by atoms with van der Waals surface area (Å²) in [5.41, 5.74) is 8.79. The highest BCUT2D eigenvalue weighted by Gasteiger charge is 2.05. The maximum absolute atomic E-state index is 6.05. The van der Waals surface area contributed by atoms with Gasteiger partial charge in [-0.1, -0.05) is 65.9 Å². The number of nitrogens with two attached hydrogens (primary N) is 1. The number of fused-ring (bicyclic) bond motifs is 1. The van der Waals surface area contributed by atoms with Gasteiger partial charge in [0.1, 0.15) is 5.69 Å². The molecule has 0 aliphatic rings. The van der Waals surface area contributed by atoms with E-state index >= 15 is 0 Å². The molecule has 2 N–H and O–H groups in total. The summed E-state index contributed by atoms with van der Waals surface area (Å²) in [7, 11) is 0. The van der Waals surface area contributed by atoms with Crippen molar-refractivity contribution in [2.45, 2.75) is 11.8 Å². The molecule has 114 valence electrons. The van der Waals surface area contributed by atoms with Crippen LogP contribution in [-0.2, 0) is 0 Å². The predicted molar refractivity (Wildman–Crippen MR) is 102 cm³/mol. The van der Waals surface area contributed by atoms with Crippen LogP contribution in [0.5, 0.6) is 0 Å². The number of aliphatic imine (C=N–C) groups is 1. The first kappa shape index (κ1) is 15.6. The van der Waals surface area contributed by atoms with Crippen LogP contribution in [-0.4, -0.2) is 15.1 Å². The number of hydrogen-bond acceptors (Lipinski definition) is 3. The van der Waals surface area contributed by atoms with E-state index in [0.29, 0.717) is 15.9 Å². The average molecular weight is 337 g/mol. The molecule has 1 heterocycles. The Hall–Kier alpha value is -2.24. The smallest absolute Gasteiger partial charge is 0.166 e. The van der Waals surface area contributed by atoms with Gasteiger partial charge in [-0.2, -0.15) is 0 Å². The summed E-state index contributed by atoms with van der Waals surface area (Å²) in [6.07, 6.45) is 0. The van der Waals surface area contributed by atoms with Gasteiger partial charge in [0.25, 0.3) is 0 Å². The van der Waals surface area contributed by atoms with Gasteiger partial charge in [0.05, 0.1) is 5.52 Å². The van der Waals surface area contributed by atoms with E-state index in [1.165, 1.54) is 17.3 Å². The largest absolute Gasteiger partial charge is 0.382 e. The zero-order valence-electron chi connectivity index (χ0n) is 12.6. The van der Waals surface area contributed by atoms with Crippen molar-refractivity contribution >= 4 is 45.0 Å². The number of thiocarbonyl (C=S) groups is 1. The van der Waals surface area contributed by atoms with Crippen LogP contribution in [0.15, 0.2) is 70.6 Å². The molecule has 0 aliphatic carbocycles. The minimum absolute atomic E-state index is 0.334. The van der Waals surface area contributed by atoms with E-state index in [0.717, 1.165) is 15.8 Å². The molecule has 0 amide bonds. The van der Waals surface area contributed by atoms with Crippen molar-refractivity contribution in [1.82, 2.24) is 4.98 Å². The van der Waals surface area contributed by atoms with Gasteiger partial charge in [0, 0.05) is 10.3 Å². The van der Waals surface area contributed by atoms with Crippen molar-refractivity contribution in [3.05, 3.63) is 71.9 Å². The number of thioether (sulfide) groups is 1. The highest BCUT2D eigenvalue weighted by Crippen LogP contribution is 2.21. The van der Waals surface area contributed by atoms with Crippen LogP contribution in [0, 0.1) is 6.92 Å². The lowest BCUT2D eigenvalue weighted by Gasteiger charge is -2.04. The number of aryl methyl sites for hydroxylation is 1. The molecule has 0 atom stereocenters. The van der Waals surface area contributed by atoms with E-state index in [1.807, 2.05) is 67.6 Å². The van der Waals surface area contributed by atoms with Gasteiger partial charge >= 0.3 is 0 Å². The fourth-order valence-corrected chi connectivity index (χ4v) is 3.10. The number of hydrogen-bond donors (Lipinski definition) is 1. The monoisotopic (exact) mass is 337 g/mol. The summed E-state index contributed by atoms with van der Waals surface area (Å²) < 4.78 is 0.473. The highest BCUT2D eigenvalue weighted by molar-refractivity contribution is 8.23. The first-order valence-electron chi connectivity index (χ1n) is 7.10. The number of aromatic nitrogens is 1. The predicted octanol–water partition coefficient (Wildman–Crippen LogP) is 4.33. The number of pyridine rings is 1. The molecule has 0 bridgehead atoms. The minimum Gasteiger partial charge on any atom is -0.382 e. The van der Waals surface area contributed by atoms with Crippen LogP contribution in [0.3, 0.4) is 0 Å². The van der Waals surface area contributed by atoms with Crippen molar-refractivity contribution in [2.24, 2.45) is 10.7 Å². The SMILES string of the molecule is Cc1ccc(SC(=S)N=C(N)c2ccc3ccccc3n2)cc1. The highest BCUT2D eigenvalue weighted by atomic mass is 32.2. The third-order valence-corrected chi connectivity index (χ3v) is 4.41. The number of para-hydroxylation sites is 1. The van der Waals surface area contributed by atoms with Crippen LogP contribution >= 0.6 is 24.0 Å². The van der Waals surface area contributed by atoms with Crippen molar-refractivity contribution in [1.29, 1.82) is 0 Å². The minimum atomic E-state index is 0.334. The molecule has 3 rings (SSSR count). The van der Waals surface area contributed by atoms with Gasteiger partial charge in [-0.15, -0.1) is 0 Å². The van der Waals surface area contributed by atoms with Gasteiger partial charge < -0.3 is 5.73 Å². The molecule has 0 radical (unpaired) electrons. The third kappa shape index (κ3) is 3.94. The number of nitrogens with zero attached hydrogens (tertiary/aromatic N) is 2. The van der Waals surface area contributed by atoms with E-state index in [4.69, 9.17) is 18.0 Å². The summed E-state index contributed by atoms with van der Waals surface area (Å²) in [5, 5.41) is 1.07. The zero-order valence-corrected chi connectivity index (χ0v) is 14.2. The Morgan fingerprint density at radius 3 is 2.57 bits per heavy atom. The second-order valence-electron chi connectivity index (χ2n) is 5.07. The molecule has 0 fully saturated rings. The molecule has 3 aromatic rings. The number of amidine groups is 1. The first-order valence-corrected chi connectivity index (χ1v) is 8.33. The molecular formula is C18H15N3S2. The van der Waals surface area contributed by atoms with E-state index < -0.39 is 0 Å². The van der Waals surface area contributed by atoms with E-state index in [-0.39, 0.29) is 0 Å². The fourth-order valence-electron chi connectivity index (χ4n) is 2.09. The average Bonchev–Trinajstić information content (AvgIpc) is 2.56. The third-order valence-electron chi connectivity index (χ3n) is 3.30. The van der Waals surface area contributed by atoms with Crippen molar-refractivity contribution < 1.29 is 0 Å². The van der Waals surface area contributed by atoms with Gasteiger partial charge in [-0.3, -0.25) is 0 Å². The maximum atomic E-state index is 6.05. The molecule has 0 saturated carbocycles. The van der Waals surface area contributed by atoms with Gasteiger partial charge in [0.2, 0.25) is 0 Å². The summed E-state index contributed by atoms with van der Waals surface area (Å²) in [5.74, 6) is 0.334. The van der Waals surface area contributed by atoms with Crippen LogP contribution < -0.4 is 5.73 Å². The molecule has 0 saturated heterocycles. The fraction of sp³-hybridized carbons (Fsp3) is 0.0556. The van der Waals surface area contributed by atoms with Gasteiger partial charge in [-0.05, 0) is 31.2 Å². The molecule has 1 aromatic heterocycles. The summed E-state index contributed by atoms with van der Waals surface area (Å²) in [6, 6.07) is 19.9. The van der Waals surface area contributed by atoms with E-state index in [9.17, 15) is 0 Å². The number of rotatable bonds is 2. The topological polar surface area (TPSA) is 51.3 Å². The van der Waals surface area contributed by atoms with E-state index in [1.54, 1.807) is 0 Å². The molecule has 5 heteroatoms. The molecule has 0 aliphatic heterocycles. The molecule has 23 heavy (non-hydrogen) atoms. The normalized spacial score (nSPS) is 11.6. The second-order valence-corrected chi connectivity index (χ2v) is 6.77. The molecule has 2 aromatic carbocycles. The lowest BCUT2D eigenvalue weighted by Crippen LogP contribution is -2.16. The van der Waals surface area contributed by atoms with Crippen LogP contribution in [0.1, 0.15) is 11.3 Å². The van der Waals surface area contributed by atoms with Crippen molar-refractivity contribution in [3.8, 4) is 0 Å². The lowest BCUT2D eigenvalue weighted by molar-refractivity contribution is 1.34. The quantitative estimate of drug-likeness (QED) is 0.327. The molecular weight excluding hydrogens is 322 g/mol. The Labute approximate surface area is 144 Å². The number of benzene rings is 2. The first-order chi connectivity index (χ1) is 11.1. The second kappa shape index (κ2) is 6.89. The maximum Gasteiger partial charge on any atom is 0.166 e. The Morgan fingerprint density at radius 2 is 1.78 bits per heavy atom. The lowest BCUT2D eigenvalue weighted by atomic mass is 10.2. The van der Waals surface area contributed by atoms with Gasteiger partial charge in [0.15, 0.2) is 10.2 Å². The molecule has 3 nitrogen and oxygen atoms in total. The Kier molecular flexibility index (Phi) is 4.69. The zero-order chi connectivity index (χ0) is 16.2. The summed E-state index contributed by atoms with van der Waals surface area (Å²) >= 11 is 6.72. The Balaban J connectivity index is 1.79. The van der Waals surface area contributed by atoms with Crippen LogP contribution in [0.4, 0.5) is 0 Å². The van der Waals surface area contributed by atoms with Crippen LogP contribution in [0.25, 0.3) is 10.9 Å². The summed E-state index contributed by atoms with van der Waals surface area (Å²) in [6.45, 7) is 2.05. The van der Waals surface area contributed by atoms with Crippen molar-refractivity contribution in [2.75, 3.05) is 0 Å². The standard InChI is InChI=1S/C18H15N3S2/c1-12-6-9-14(10-7-12)23-18(22)21-17(19)16-11-8-13-4-2-3-5-15(13)20-16/h2-11H,1H3,(H2,19,21,22). The van der Waals surface area contributed by atoms with E-state index in [2.05, 4.69) is 9.98 Å². The Morgan fingerprint density at radius 1 is 1.04 bits per heavy atom. The summed E-state index contributed by atoms with van der Waals surface area (Å²) in [4.78, 5) is 9.87. The Bertz CT molecular complexity index is 886.